The highest BCUT2D eigenvalue weighted by molar-refractivity contribution is 6.30. The van der Waals surface area contributed by atoms with Crippen molar-refractivity contribution < 1.29 is 14.4 Å². The van der Waals surface area contributed by atoms with Crippen LogP contribution in [0.3, 0.4) is 0 Å². The fourth-order valence-electron chi connectivity index (χ4n) is 2.77. The molecule has 0 bridgehead atoms. The van der Waals surface area contributed by atoms with Crippen molar-refractivity contribution in [2.24, 2.45) is 0 Å². The van der Waals surface area contributed by atoms with Crippen LogP contribution in [0, 0.1) is 10.1 Å². The summed E-state index contributed by atoms with van der Waals surface area (Å²) in [6, 6.07) is 19.6. The maximum Gasteiger partial charge on any atom is 0.271 e. The van der Waals surface area contributed by atoms with Crippen molar-refractivity contribution in [1.82, 2.24) is 0 Å². The molecule has 0 fully saturated rings. The van der Waals surface area contributed by atoms with Crippen LogP contribution in [0.25, 0.3) is 0 Å². The molecule has 29 heavy (non-hydrogen) atoms. The molecule has 0 saturated heterocycles. The van der Waals surface area contributed by atoms with Crippen molar-refractivity contribution >= 4 is 23.0 Å². The number of nitro groups is 1. The monoisotopic (exact) mass is 412 g/mol. The predicted molar refractivity (Wildman–Crippen MR) is 114 cm³/mol. The van der Waals surface area contributed by atoms with Crippen LogP contribution in [0.15, 0.2) is 66.7 Å². The molecule has 0 radical (unpaired) electrons. The minimum atomic E-state index is -0.412. The maximum absolute atomic E-state index is 10.9. The number of nitro benzene ring substituents is 1. The summed E-state index contributed by atoms with van der Waals surface area (Å²) < 4.78 is 11.6. The Labute approximate surface area is 174 Å². The number of nitrogens with zero attached hydrogens (tertiary/aromatic N) is 1. The van der Waals surface area contributed by atoms with Gasteiger partial charge in [0.2, 0.25) is 0 Å². The second-order valence-electron chi connectivity index (χ2n) is 6.29. The number of ether oxygens (including phenoxy) is 2. The zero-order valence-corrected chi connectivity index (χ0v) is 16.7. The Morgan fingerprint density at radius 2 is 1.79 bits per heavy atom. The summed E-state index contributed by atoms with van der Waals surface area (Å²) in [5.41, 5.74) is 2.67. The predicted octanol–water partition coefficient (Wildman–Crippen LogP) is 5.84. The molecular weight excluding hydrogens is 392 g/mol. The van der Waals surface area contributed by atoms with Crippen LogP contribution < -0.4 is 14.8 Å². The van der Waals surface area contributed by atoms with Gasteiger partial charge in [-0.2, -0.15) is 0 Å². The number of nitrogens with one attached hydrogen (secondary N) is 1. The smallest absolute Gasteiger partial charge is 0.271 e. The number of hydrogen-bond donors (Lipinski definition) is 1. The lowest BCUT2D eigenvalue weighted by molar-refractivity contribution is -0.384. The van der Waals surface area contributed by atoms with Crippen LogP contribution in [-0.4, -0.2) is 11.5 Å². The van der Waals surface area contributed by atoms with Crippen molar-refractivity contribution in [3.05, 3.63) is 93.0 Å². The second kappa shape index (κ2) is 9.80. The lowest BCUT2D eigenvalue weighted by Gasteiger charge is -2.14. The summed E-state index contributed by atoms with van der Waals surface area (Å²) in [5.74, 6) is 1.29. The Bertz CT molecular complexity index is 994. The molecule has 0 atom stereocenters. The third-order valence-corrected chi connectivity index (χ3v) is 4.38. The molecule has 0 aromatic heterocycles. The van der Waals surface area contributed by atoms with Crippen LogP contribution in [0.2, 0.25) is 5.02 Å². The third-order valence-electron chi connectivity index (χ3n) is 4.14. The van der Waals surface area contributed by atoms with Gasteiger partial charge < -0.3 is 14.8 Å². The van der Waals surface area contributed by atoms with Gasteiger partial charge in [0.15, 0.2) is 11.5 Å². The molecule has 0 amide bonds. The summed E-state index contributed by atoms with van der Waals surface area (Å²) in [6.07, 6.45) is 0. The summed E-state index contributed by atoms with van der Waals surface area (Å²) in [5, 5.41) is 14.8. The molecule has 0 spiro atoms. The van der Waals surface area contributed by atoms with Crippen LogP contribution >= 0.6 is 11.6 Å². The van der Waals surface area contributed by atoms with Gasteiger partial charge >= 0.3 is 0 Å². The maximum atomic E-state index is 10.9. The molecule has 1 N–H and O–H groups in total. The molecule has 0 unspecified atom stereocenters. The number of anilines is 1. The molecular formula is C22H21ClN2O4. The highest BCUT2D eigenvalue weighted by atomic mass is 35.5. The van der Waals surface area contributed by atoms with E-state index in [1.165, 1.54) is 12.1 Å². The van der Waals surface area contributed by atoms with Crippen molar-refractivity contribution in [2.45, 2.75) is 20.1 Å². The fraction of sp³-hybridized carbons (Fsp3) is 0.182. The molecule has 0 aliphatic carbocycles. The van der Waals surface area contributed by atoms with E-state index in [-0.39, 0.29) is 5.69 Å². The quantitative estimate of drug-likeness (QED) is 0.353. The first kappa shape index (κ1) is 20.5. The summed E-state index contributed by atoms with van der Waals surface area (Å²) in [7, 11) is 0. The van der Waals surface area contributed by atoms with Gasteiger partial charge in [0, 0.05) is 29.4 Å². The van der Waals surface area contributed by atoms with Gasteiger partial charge in [-0.25, -0.2) is 0 Å². The van der Waals surface area contributed by atoms with Crippen LogP contribution in [-0.2, 0) is 13.2 Å². The Kier molecular flexibility index (Phi) is 6.92. The summed E-state index contributed by atoms with van der Waals surface area (Å²) >= 11 is 6.02. The SMILES string of the molecule is CCOc1cc(CNc2cccc([N+](=O)[O-])c2)ccc1OCc1cccc(Cl)c1. The molecule has 3 rings (SSSR count). The Morgan fingerprint density at radius 3 is 2.55 bits per heavy atom. The third kappa shape index (κ3) is 5.86. The zero-order valence-electron chi connectivity index (χ0n) is 15.9. The van der Waals surface area contributed by atoms with Crippen LogP contribution in [0.5, 0.6) is 11.5 Å². The van der Waals surface area contributed by atoms with E-state index < -0.39 is 4.92 Å². The van der Waals surface area contributed by atoms with Gasteiger partial charge in [-0.15, -0.1) is 0 Å². The van der Waals surface area contributed by atoms with Crippen molar-refractivity contribution in [3.8, 4) is 11.5 Å². The zero-order chi connectivity index (χ0) is 20.6. The van der Waals surface area contributed by atoms with E-state index in [0.29, 0.717) is 42.0 Å². The highest BCUT2D eigenvalue weighted by Gasteiger charge is 2.09. The second-order valence-corrected chi connectivity index (χ2v) is 6.73. The van der Waals surface area contributed by atoms with Gasteiger partial charge in [0.1, 0.15) is 6.61 Å². The molecule has 0 aliphatic rings. The Hall–Kier alpha value is -3.25. The molecule has 6 nitrogen and oxygen atoms in total. The first-order valence-corrected chi connectivity index (χ1v) is 9.54. The molecule has 3 aromatic carbocycles. The van der Waals surface area contributed by atoms with E-state index in [1.807, 2.05) is 49.4 Å². The number of hydrogen-bond acceptors (Lipinski definition) is 5. The number of benzene rings is 3. The largest absolute Gasteiger partial charge is 0.490 e. The first-order chi connectivity index (χ1) is 14.0. The number of rotatable bonds is 9. The van der Waals surface area contributed by atoms with Gasteiger partial charge in [-0.1, -0.05) is 35.9 Å². The van der Waals surface area contributed by atoms with Crippen molar-refractivity contribution in [2.75, 3.05) is 11.9 Å². The van der Waals surface area contributed by atoms with E-state index >= 15 is 0 Å². The molecule has 7 heteroatoms. The van der Waals surface area contributed by atoms with E-state index in [0.717, 1.165) is 11.1 Å². The van der Waals surface area contributed by atoms with Gasteiger partial charge in [-0.05, 0) is 48.4 Å². The normalized spacial score (nSPS) is 10.4. The molecule has 0 saturated carbocycles. The van der Waals surface area contributed by atoms with E-state index in [2.05, 4.69) is 5.32 Å². The van der Waals surface area contributed by atoms with Crippen LogP contribution in [0.4, 0.5) is 11.4 Å². The lowest BCUT2D eigenvalue weighted by Crippen LogP contribution is -2.03. The minimum absolute atomic E-state index is 0.0507. The topological polar surface area (TPSA) is 73.6 Å². The molecule has 0 heterocycles. The van der Waals surface area contributed by atoms with E-state index in [9.17, 15) is 10.1 Å². The Balaban J connectivity index is 1.68. The average molecular weight is 413 g/mol. The van der Waals surface area contributed by atoms with Crippen molar-refractivity contribution in [1.29, 1.82) is 0 Å². The first-order valence-electron chi connectivity index (χ1n) is 9.16. The summed E-state index contributed by atoms with van der Waals surface area (Å²) in [6.45, 7) is 3.30. The lowest BCUT2D eigenvalue weighted by atomic mass is 10.2. The number of halogens is 1. The average Bonchev–Trinajstić information content (AvgIpc) is 2.72. The fourth-order valence-corrected chi connectivity index (χ4v) is 2.98. The minimum Gasteiger partial charge on any atom is -0.490 e. The molecule has 150 valence electrons. The molecule has 3 aromatic rings. The highest BCUT2D eigenvalue weighted by Crippen LogP contribution is 2.30. The van der Waals surface area contributed by atoms with E-state index in [4.69, 9.17) is 21.1 Å². The van der Waals surface area contributed by atoms with Gasteiger partial charge in [0.05, 0.1) is 11.5 Å². The number of non-ortho nitro benzene ring substituents is 1. The van der Waals surface area contributed by atoms with Gasteiger partial charge in [0.25, 0.3) is 5.69 Å². The Morgan fingerprint density at radius 1 is 0.966 bits per heavy atom. The molecule has 0 aliphatic heterocycles. The summed E-state index contributed by atoms with van der Waals surface area (Å²) in [4.78, 5) is 10.5. The standard InChI is InChI=1S/C22H21ClN2O4/c1-2-28-22-12-16(14-24-19-7-4-8-20(13-19)25(26)27)9-10-21(22)29-15-17-5-3-6-18(23)11-17/h3-13,24H,2,14-15H2,1H3. The van der Waals surface area contributed by atoms with Crippen molar-refractivity contribution in [3.63, 3.8) is 0 Å². The van der Waals surface area contributed by atoms with Crippen LogP contribution in [0.1, 0.15) is 18.1 Å². The van der Waals surface area contributed by atoms with Gasteiger partial charge in [-0.3, -0.25) is 10.1 Å². The van der Waals surface area contributed by atoms with E-state index in [1.54, 1.807) is 12.1 Å².